The second kappa shape index (κ2) is 7.78. The van der Waals surface area contributed by atoms with Crippen LogP contribution in [0, 0.1) is 0 Å². The zero-order valence-corrected chi connectivity index (χ0v) is 17.3. The van der Waals surface area contributed by atoms with E-state index in [9.17, 15) is 4.79 Å². The van der Waals surface area contributed by atoms with Gasteiger partial charge >= 0.3 is 0 Å². The number of ether oxygens (including phenoxy) is 1. The van der Waals surface area contributed by atoms with Gasteiger partial charge in [0.25, 0.3) is 11.5 Å². The van der Waals surface area contributed by atoms with Crippen molar-refractivity contribution in [1.82, 2.24) is 4.98 Å². The standard InChI is InChI=1S/C19H13Br2ClN2O2/c20-13-3-8-16(9-4-13)26-19(18(23)25,12-1-6-15(22)7-2-12)17-10-5-14(21)11-24-17/h1-11H,(H2,23,25). The van der Waals surface area contributed by atoms with Crippen molar-refractivity contribution in [3.63, 3.8) is 0 Å². The van der Waals surface area contributed by atoms with Crippen LogP contribution in [0.3, 0.4) is 0 Å². The molecular formula is C19H13Br2ClN2O2. The Balaban J connectivity index is 2.20. The van der Waals surface area contributed by atoms with Crippen LogP contribution in [0.1, 0.15) is 11.3 Å². The molecule has 0 aliphatic carbocycles. The summed E-state index contributed by atoms with van der Waals surface area (Å²) in [6.07, 6.45) is 1.59. The lowest BCUT2D eigenvalue weighted by atomic mass is 9.88. The highest BCUT2D eigenvalue weighted by molar-refractivity contribution is 9.10. The average molecular weight is 497 g/mol. The Morgan fingerprint density at radius 2 is 1.58 bits per heavy atom. The van der Waals surface area contributed by atoms with Crippen LogP contribution in [-0.2, 0) is 10.4 Å². The van der Waals surface area contributed by atoms with E-state index in [4.69, 9.17) is 22.1 Å². The molecule has 3 rings (SSSR count). The molecule has 4 nitrogen and oxygen atoms in total. The number of carbonyl (C=O) groups is 1. The number of amides is 1. The van der Waals surface area contributed by atoms with Gasteiger partial charge in [0.1, 0.15) is 5.75 Å². The summed E-state index contributed by atoms with van der Waals surface area (Å²) in [5.74, 6) is -0.204. The van der Waals surface area contributed by atoms with Gasteiger partial charge in [-0.1, -0.05) is 39.7 Å². The lowest BCUT2D eigenvalue weighted by Crippen LogP contribution is -2.47. The van der Waals surface area contributed by atoms with Crippen LogP contribution in [0.15, 0.2) is 75.8 Å². The van der Waals surface area contributed by atoms with E-state index in [0.29, 0.717) is 22.0 Å². The van der Waals surface area contributed by atoms with E-state index in [1.54, 1.807) is 54.7 Å². The van der Waals surface area contributed by atoms with Gasteiger partial charge in [-0.25, -0.2) is 0 Å². The summed E-state index contributed by atoms with van der Waals surface area (Å²) in [6.45, 7) is 0. The number of carbonyl (C=O) groups excluding carboxylic acids is 1. The summed E-state index contributed by atoms with van der Waals surface area (Å²) in [5, 5.41) is 0.541. The summed E-state index contributed by atoms with van der Waals surface area (Å²) in [6, 6.07) is 17.4. The van der Waals surface area contributed by atoms with E-state index in [-0.39, 0.29) is 0 Å². The Morgan fingerprint density at radius 3 is 2.12 bits per heavy atom. The topological polar surface area (TPSA) is 65.2 Å². The molecule has 0 saturated heterocycles. The predicted octanol–water partition coefficient (Wildman–Crippen LogP) is 5.07. The summed E-state index contributed by atoms with van der Waals surface area (Å²) in [5.41, 5.74) is 5.14. The van der Waals surface area contributed by atoms with E-state index >= 15 is 0 Å². The van der Waals surface area contributed by atoms with Gasteiger partial charge in [0.05, 0.1) is 5.69 Å². The largest absolute Gasteiger partial charge is 0.466 e. The van der Waals surface area contributed by atoms with Crippen molar-refractivity contribution in [2.75, 3.05) is 0 Å². The van der Waals surface area contributed by atoms with Crippen LogP contribution >= 0.6 is 43.5 Å². The van der Waals surface area contributed by atoms with Gasteiger partial charge in [0.15, 0.2) is 0 Å². The molecule has 0 fully saturated rings. The van der Waals surface area contributed by atoms with Crippen molar-refractivity contribution in [1.29, 1.82) is 0 Å². The third-order valence-corrected chi connectivity index (χ3v) is 5.02. The van der Waals surface area contributed by atoms with Crippen molar-refractivity contribution in [2.24, 2.45) is 5.73 Å². The van der Waals surface area contributed by atoms with Crippen molar-refractivity contribution >= 4 is 49.4 Å². The molecule has 26 heavy (non-hydrogen) atoms. The van der Waals surface area contributed by atoms with Gasteiger partial charge in [0, 0.05) is 25.7 Å². The van der Waals surface area contributed by atoms with E-state index in [1.165, 1.54) is 0 Å². The number of hydrogen-bond acceptors (Lipinski definition) is 3. The van der Waals surface area contributed by atoms with Crippen molar-refractivity contribution < 1.29 is 9.53 Å². The molecule has 1 amide bonds. The number of primary amides is 1. The van der Waals surface area contributed by atoms with Crippen LogP contribution in [0.4, 0.5) is 0 Å². The molecule has 0 bridgehead atoms. The molecule has 0 aliphatic heterocycles. The first-order chi connectivity index (χ1) is 12.4. The molecule has 7 heteroatoms. The Hall–Kier alpha value is -1.89. The number of pyridine rings is 1. The number of rotatable bonds is 5. The van der Waals surface area contributed by atoms with E-state index in [0.717, 1.165) is 8.95 Å². The molecule has 2 aromatic carbocycles. The van der Waals surface area contributed by atoms with Crippen LogP contribution < -0.4 is 10.5 Å². The van der Waals surface area contributed by atoms with E-state index < -0.39 is 11.5 Å². The van der Waals surface area contributed by atoms with E-state index in [1.807, 2.05) is 12.1 Å². The van der Waals surface area contributed by atoms with Crippen LogP contribution in [-0.4, -0.2) is 10.9 Å². The summed E-state index contributed by atoms with van der Waals surface area (Å²) in [7, 11) is 0. The van der Waals surface area contributed by atoms with Crippen molar-refractivity contribution in [3.8, 4) is 5.75 Å². The second-order valence-electron chi connectivity index (χ2n) is 5.47. The number of hydrogen-bond donors (Lipinski definition) is 1. The maximum absolute atomic E-state index is 12.7. The van der Waals surface area contributed by atoms with Gasteiger partial charge in [-0.05, 0) is 64.5 Å². The Kier molecular flexibility index (Phi) is 5.65. The third kappa shape index (κ3) is 3.77. The molecule has 0 aliphatic rings. The van der Waals surface area contributed by atoms with Gasteiger partial charge in [-0.3, -0.25) is 9.78 Å². The lowest BCUT2D eigenvalue weighted by Gasteiger charge is -2.31. The molecule has 3 aromatic rings. The molecule has 0 spiro atoms. The fourth-order valence-corrected chi connectivity index (χ4v) is 3.15. The van der Waals surface area contributed by atoms with Gasteiger partial charge in [-0.15, -0.1) is 0 Å². The molecule has 0 saturated carbocycles. The monoisotopic (exact) mass is 494 g/mol. The molecule has 132 valence electrons. The molecule has 1 atom stereocenters. The molecule has 1 unspecified atom stereocenters. The summed E-state index contributed by atoms with van der Waals surface area (Å²) in [4.78, 5) is 17.0. The van der Waals surface area contributed by atoms with Crippen LogP contribution in [0.2, 0.25) is 5.02 Å². The van der Waals surface area contributed by atoms with Crippen molar-refractivity contribution in [2.45, 2.75) is 5.60 Å². The highest BCUT2D eigenvalue weighted by Gasteiger charge is 2.45. The van der Waals surface area contributed by atoms with E-state index in [2.05, 4.69) is 36.8 Å². The predicted molar refractivity (Wildman–Crippen MR) is 108 cm³/mol. The molecule has 2 N–H and O–H groups in total. The molecule has 1 aromatic heterocycles. The normalized spacial score (nSPS) is 13.0. The van der Waals surface area contributed by atoms with Crippen LogP contribution in [0.5, 0.6) is 5.75 Å². The first-order valence-corrected chi connectivity index (χ1v) is 9.51. The fraction of sp³-hybridized carbons (Fsp3) is 0.0526. The van der Waals surface area contributed by atoms with Gasteiger partial charge in [0.2, 0.25) is 0 Å². The fourth-order valence-electron chi connectivity index (χ4n) is 2.53. The summed E-state index contributed by atoms with van der Waals surface area (Å²) < 4.78 is 7.82. The van der Waals surface area contributed by atoms with Crippen LogP contribution in [0.25, 0.3) is 0 Å². The maximum Gasteiger partial charge on any atom is 0.272 e. The number of aromatic nitrogens is 1. The molecule has 1 heterocycles. The minimum atomic E-state index is -1.60. The summed E-state index contributed by atoms with van der Waals surface area (Å²) >= 11 is 12.7. The van der Waals surface area contributed by atoms with Gasteiger partial charge in [-0.2, -0.15) is 0 Å². The zero-order chi connectivity index (χ0) is 18.7. The SMILES string of the molecule is NC(=O)C(Oc1ccc(Br)cc1)(c1ccc(Cl)cc1)c1ccc(Br)cn1. The Labute approximate surface area is 172 Å². The third-order valence-electron chi connectivity index (χ3n) is 3.77. The smallest absolute Gasteiger partial charge is 0.272 e. The highest BCUT2D eigenvalue weighted by Crippen LogP contribution is 2.35. The minimum Gasteiger partial charge on any atom is -0.466 e. The highest BCUT2D eigenvalue weighted by atomic mass is 79.9. The minimum absolute atomic E-state index is 0.374. The quantitative estimate of drug-likeness (QED) is 0.537. The first-order valence-electron chi connectivity index (χ1n) is 7.54. The zero-order valence-electron chi connectivity index (χ0n) is 13.3. The number of halogens is 3. The molecule has 0 radical (unpaired) electrons. The Bertz CT molecular complexity index is 868. The maximum atomic E-state index is 12.7. The second-order valence-corrected chi connectivity index (χ2v) is 7.74. The first kappa shape index (κ1) is 18.9. The lowest BCUT2D eigenvalue weighted by molar-refractivity contribution is -0.131. The average Bonchev–Trinajstić information content (AvgIpc) is 2.63. The van der Waals surface area contributed by atoms with Gasteiger partial charge < -0.3 is 10.5 Å². The Morgan fingerprint density at radius 1 is 0.962 bits per heavy atom. The molecular weight excluding hydrogens is 483 g/mol. The number of nitrogens with zero attached hydrogens (tertiary/aromatic N) is 1. The number of nitrogens with two attached hydrogens (primary N) is 1. The van der Waals surface area contributed by atoms with Crippen molar-refractivity contribution in [3.05, 3.63) is 92.1 Å². The number of benzene rings is 2.